The molecule has 0 bridgehead atoms. The number of ether oxygens (including phenoxy) is 1. The molecule has 0 spiro atoms. The fourth-order valence-corrected chi connectivity index (χ4v) is 5.67. The number of imidazole rings is 1. The zero-order valence-corrected chi connectivity index (χ0v) is 25.9. The van der Waals surface area contributed by atoms with Crippen molar-refractivity contribution in [2.24, 2.45) is 0 Å². The molecular weight excluding hydrogens is 579 g/mol. The summed E-state index contributed by atoms with van der Waals surface area (Å²) in [6.07, 6.45) is 5.43. The number of benzene rings is 1. The first-order chi connectivity index (χ1) is 20.3. The van der Waals surface area contributed by atoms with Gasteiger partial charge in [0, 0.05) is 25.9 Å². The molecule has 43 heavy (non-hydrogen) atoms. The van der Waals surface area contributed by atoms with Crippen LogP contribution in [0.25, 0.3) is 5.57 Å². The fourth-order valence-electron chi connectivity index (χ4n) is 4.92. The van der Waals surface area contributed by atoms with Crippen molar-refractivity contribution in [3.05, 3.63) is 53.1 Å². The van der Waals surface area contributed by atoms with Gasteiger partial charge in [0.2, 0.25) is 5.82 Å². The Bertz CT molecular complexity index is 1340. The first-order valence-electron chi connectivity index (χ1n) is 14.5. The van der Waals surface area contributed by atoms with E-state index in [2.05, 4.69) is 59.5 Å². The Hall–Kier alpha value is -3.47. The first kappa shape index (κ1) is 34.0. The minimum Gasteiger partial charge on any atom is -0.475 e. The Kier molecular flexibility index (Phi) is 12.1. The number of alkyl halides is 3. The van der Waals surface area contributed by atoms with Gasteiger partial charge in [-0.15, -0.1) is 0 Å². The van der Waals surface area contributed by atoms with Crippen LogP contribution in [0.5, 0.6) is 0 Å². The number of piperidine rings is 1. The van der Waals surface area contributed by atoms with Gasteiger partial charge in [-0.25, -0.2) is 9.78 Å². The van der Waals surface area contributed by atoms with E-state index in [1.54, 1.807) is 4.57 Å². The van der Waals surface area contributed by atoms with Crippen LogP contribution in [0.15, 0.2) is 30.5 Å². The van der Waals surface area contributed by atoms with Gasteiger partial charge in [-0.1, -0.05) is 31.8 Å². The normalized spacial score (nSPS) is 16.0. The van der Waals surface area contributed by atoms with E-state index in [1.807, 2.05) is 6.07 Å². The van der Waals surface area contributed by atoms with E-state index in [-0.39, 0.29) is 18.5 Å². The van der Waals surface area contributed by atoms with Crippen LogP contribution >= 0.6 is 0 Å². The predicted molar refractivity (Wildman–Crippen MR) is 160 cm³/mol. The first-order valence-corrected chi connectivity index (χ1v) is 18.2. The van der Waals surface area contributed by atoms with Crippen molar-refractivity contribution in [3.63, 3.8) is 0 Å². The highest BCUT2D eigenvalue weighted by molar-refractivity contribution is 6.76. The highest BCUT2D eigenvalue weighted by Crippen LogP contribution is 2.36. The predicted octanol–water partition coefficient (Wildman–Crippen LogP) is 6.38. The molecule has 3 N–H and O–H groups in total. The highest BCUT2D eigenvalue weighted by atomic mass is 28.3. The zero-order valence-electron chi connectivity index (χ0n) is 24.9. The Labute approximate surface area is 251 Å². The lowest BCUT2D eigenvalue weighted by Gasteiger charge is -2.25. The number of anilines is 1. The molecule has 13 heteroatoms. The van der Waals surface area contributed by atoms with Crippen molar-refractivity contribution in [3.8, 4) is 6.07 Å². The number of nitrogens with zero attached hydrogens (tertiary/aromatic N) is 3. The number of hydrogen-bond donors (Lipinski definition) is 3. The van der Waals surface area contributed by atoms with Crippen LogP contribution < -0.4 is 10.6 Å². The lowest BCUT2D eigenvalue weighted by molar-refractivity contribution is -0.192. The number of carbonyl (C=O) groups excluding carboxylic acids is 1. The lowest BCUT2D eigenvalue weighted by Crippen LogP contribution is -2.26. The minimum atomic E-state index is -5.08. The summed E-state index contributed by atoms with van der Waals surface area (Å²) in [7, 11) is -1.23. The second kappa shape index (κ2) is 15.3. The largest absolute Gasteiger partial charge is 0.490 e. The van der Waals surface area contributed by atoms with Gasteiger partial charge in [0.05, 0.1) is 6.20 Å². The molecule has 1 aliphatic heterocycles. The van der Waals surface area contributed by atoms with Crippen molar-refractivity contribution >= 4 is 31.2 Å². The number of nitriles is 1. The second-order valence-electron chi connectivity index (χ2n) is 11.9. The van der Waals surface area contributed by atoms with Crippen molar-refractivity contribution in [1.29, 1.82) is 5.26 Å². The Morgan fingerprint density at radius 3 is 2.51 bits per heavy atom. The molecule has 0 atom stereocenters. The summed E-state index contributed by atoms with van der Waals surface area (Å²) in [5.74, 6) is -2.33. The number of amides is 1. The molecule has 1 amide bonds. The average molecular weight is 620 g/mol. The van der Waals surface area contributed by atoms with E-state index < -0.39 is 20.2 Å². The summed E-state index contributed by atoms with van der Waals surface area (Å²) in [4.78, 5) is 26.6. The summed E-state index contributed by atoms with van der Waals surface area (Å²) in [6, 6.07) is 9.64. The van der Waals surface area contributed by atoms with Gasteiger partial charge in [-0.2, -0.15) is 18.4 Å². The number of aromatic nitrogens is 2. The third kappa shape index (κ3) is 10.3. The van der Waals surface area contributed by atoms with E-state index in [0.717, 1.165) is 56.1 Å². The Balaban J connectivity index is 0.000000646. The van der Waals surface area contributed by atoms with E-state index in [1.165, 1.54) is 30.2 Å². The molecule has 1 fully saturated rings. The third-order valence-electron chi connectivity index (χ3n) is 7.37. The van der Waals surface area contributed by atoms with Gasteiger partial charge < -0.3 is 20.5 Å². The molecule has 1 saturated heterocycles. The Morgan fingerprint density at radius 2 is 1.93 bits per heavy atom. The molecule has 2 aromatic rings. The van der Waals surface area contributed by atoms with Crippen LogP contribution in [-0.2, 0) is 16.3 Å². The van der Waals surface area contributed by atoms with Crippen LogP contribution in [0.2, 0.25) is 25.7 Å². The van der Waals surface area contributed by atoms with Crippen LogP contribution in [-0.4, -0.2) is 60.5 Å². The SMILES string of the molecule is C[Si](C)(C)CCOCn1c(C#N)cnc1C(=O)Nc1ccc(C2CCNCC2)cc1C1=CCCCC1.O=C(O)C(F)(F)F. The number of rotatable bonds is 9. The standard InChI is InChI=1S/C28H39N5O2Si.C2HF3O2/c1-36(2,3)16-15-35-20-33-24(18-29)19-31-27(33)28(34)32-26-10-9-23(21-11-13-30-14-12-21)17-25(26)22-7-5-4-6-8-22;3-2(4,5)1(6)7/h7,9-10,17,19,21,30H,4-6,8,11-16,20H2,1-3H3,(H,32,34);(H,6,7). The van der Waals surface area contributed by atoms with Gasteiger partial charge >= 0.3 is 12.1 Å². The van der Waals surface area contributed by atoms with Crippen molar-refractivity contribution in [2.45, 2.75) is 83.0 Å². The molecule has 9 nitrogen and oxygen atoms in total. The summed E-state index contributed by atoms with van der Waals surface area (Å²) >= 11 is 0. The molecule has 1 aromatic carbocycles. The van der Waals surface area contributed by atoms with Crippen molar-refractivity contribution in [1.82, 2.24) is 14.9 Å². The molecular formula is C30H40F3N5O4Si. The number of allylic oxidation sites excluding steroid dienone is 2. The summed E-state index contributed by atoms with van der Waals surface area (Å²) in [6.45, 7) is 9.73. The number of aliphatic carboxylic acids is 1. The molecule has 4 rings (SSSR count). The number of nitrogens with one attached hydrogen (secondary N) is 2. The minimum absolute atomic E-state index is 0.142. The van der Waals surface area contributed by atoms with Gasteiger partial charge in [-0.3, -0.25) is 9.36 Å². The summed E-state index contributed by atoms with van der Waals surface area (Å²) in [5.41, 5.74) is 4.90. The van der Waals surface area contributed by atoms with Crippen molar-refractivity contribution < 1.29 is 32.6 Å². The molecule has 0 saturated carbocycles. The fraction of sp³-hybridized carbons (Fsp3) is 0.533. The van der Waals surface area contributed by atoms with Gasteiger partial charge in [0.25, 0.3) is 5.91 Å². The molecule has 0 unspecified atom stereocenters. The van der Waals surface area contributed by atoms with E-state index in [9.17, 15) is 23.2 Å². The lowest BCUT2D eigenvalue weighted by atomic mass is 9.86. The third-order valence-corrected chi connectivity index (χ3v) is 9.08. The highest BCUT2D eigenvalue weighted by Gasteiger charge is 2.38. The van der Waals surface area contributed by atoms with Crippen LogP contribution in [0.3, 0.4) is 0 Å². The van der Waals surface area contributed by atoms with Gasteiger partial charge in [-0.05, 0) is 86.8 Å². The average Bonchev–Trinajstić information content (AvgIpc) is 3.39. The molecule has 1 aliphatic carbocycles. The van der Waals surface area contributed by atoms with Crippen LogP contribution in [0.4, 0.5) is 18.9 Å². The van der Waals surface area contributed by atoms with Crippen LogP contribution in [0, 0.1) is 11.3 Å². The van der Waals surface area contributed by atoms with Gasteiger partial charge in [0.1, 0.15) is 18.5 Å². The number of carboxylic acid groups (broad SMARTS) is 1. The molecule has 0 radical (unpaired) electrons. The topological polar surface area (TPSA) is 129 Å². The Morgan fingerprint density at radius 1 is 1.23 bits per heavy atom. The number of carboxylic acids is 1. The van der Waals surface area contributed by atoms with E-state index in [0.29, 0.717) is 18.2 Å². The maximum absolute atomic E-state index is 13.4. The number of halogens is 3. The zero-order chi connectivity index (χ0) is 31.6. The van der Waals surface area contributed by atoms with Crippen molar-refractivity contribution in [2.75, 3.05) is 25.0 Å². The summed E-state index contributed by atoms with van der Waals surface area (Å²) in [5, 5.41) is 23.2. The molecule has 234 valence electrons. The molecule has 2 heterocycles. The smallest absolute Gasteiger partial charge is 0.475 e. The molecule has 1 aromatic heterocycles. The quantitative estimate of drug-likeness (QED) is 0.220. The van der Waals surface area contributed by atoms with Crippen LogP contribution in [0.1, 0.15) is 71.9 Å². The summed E-state index contributed by atoms with van der Waals surface area (Å²) < 4.78 is 39.2. The maximum Gasteiger partial charge on any atom is 0.490 e. The monoisotopic (exact) mass is 619 g/mol. The maximum atomic E-state index is 13.4. The van der Waals surface area contributed by atoms with E-state index in [4.69, 9.17) is 14.6 Å². The van der Waals surface area contributed by atoms with Gasteiger partial charge in [0.15, 0.2) is 0 Å². The second-order valence-corrected chi connectivity index (χ2v) is 17.5. The number of hydrogen-bond acceptors (Lipinski definition) is 6. The van der Waals surface area contributed by atoms with E-state index >= 15 is 0 Å². The number of carbonyl (C=O) groups is 2. The molecule has 2 aliphatic rings.